The van der Waals surface area contributed by atoms with Gasteiger partial charge in [-0.1, -0.05) is 32.0 Å². The van der Waals surface area contributed by atoms with Gasteiger partial charge in [-0.15, -0.1) is 0 Å². The first-order valence-corrected chi connectivity index (χ1v) is 9.29. The summed E-state index contributed by atoms with van der Waals surface area (Å²) in [5.74, 6) is 0.239. The van der Waals surface area contributed by atoms with Gasteiger partial charge < -0.3 is 9.80 Å². The SMILES string of the molecule is CCN(CC)CCN(C1=CC(=O)CCC1)c1cnc2ccccc2c1. The van der Waals surface area contributed by atoms with Crippen LogP contribution in [0.2, 0.25) is 0 Å². The molecule has 1 aliphatic carbocycles. The Morgan fingerprint density at radius 3 is 2.64 bits per heavy atom. The number of carbonyl (C=O) groups is 1. The summed E-state index contributed by atoms with van der Waals surface area (Å²) < 4.78 is 0. The molecule has 3 rings (SSSR count). The van der Waals surface area contributed by atoms with Crippen molar-refractivity contribution in [2.45, 2.75) is 33.1 Å². The van der Waals surface area contributed by atoms with Gasteiger partial charge in [-0.2, -0.15) is 0 Å². The Morgan fingerprint density at radius 1 is 1.08 bits per heavy atom. The zero-order valence-corrected chi connectivity index (χ0v) is 15.2. The van der Waals surface area contributed by atoms with E-state index in [9.17, 15) is 4.79 Å². The Balaban J connectivity index is 1.92. The van der Waals surface area contributed by atoms with Gasteiger partial charge in [-0.3, -0.25) is 9.78 Å². The lowest BCUT2D eigenvalue weighted by Crippen LogP contribution is -2.35. The fourth-order valence-electron chi connectivity index (χ4n) is 3.41. The number of aromatic nitrogens is 1. The van der Waals surface area contributed by atoms with Crippen LogP contribution in [0.25, 0.3) is 10.9 Å². The molecular weight excluding hydrogens is 310 g/mol. The van der Waals surface area contributed by atoms with E-state index in [0.717, 1.165) is 61.3 Å². The Morgan fingerprint density at radius 2 is 1.88 bits per heavy atom. The molecule has 0 unspecified atom stereocenters. The van der Waals surface area contributed by atoms with E-state index in [4.69, 9.17) is 0 Å². The summed E-state index contributed by atoms with van der Waals surface area (Å²) >= 11 is 0. The number of benzene rings is 1. The van der Waals surface area contributed by atoms with Gasteiger partial charge in [0.15, 0.2) is 5.78 Å². The molecule has 25 heavy (non-hydrogen) atoms. The third kappa shape index (κ3) is 4.26. The summed E-state index contributed by atoms with van der Waals surface area (Å²) in [5, 5.41) is 1.13. The van der Waals surface area contributed by atoms with Crippen molar-refractivity contribution in [2.75, 3.05) is 31.1 Å². The number of likely N-dealkylation sites (N-methyl/N-ethyl adjacent to an activating group) is 1. The minimum absolute atomic E-state index is 0.239. The summed E-state index contributed by atoms with van der Waals surface area (Å²) in [7, 11) is 0. The normalized spacial score (nSPS) is 14.8. The molecule has 0 aliphatic heterocycles. The van der Waals surface area contributed by atoms with Crippen LogP contribution in [0.3, 0.4) is 0 Å². The lowest BCUT2D eigenvalue weighted by molar-refractivity contribution is -0.115. The summed E-state index contributed by atoms with van der Waals surface area (Å²) in [4.78, 5) is 21.3. The second kappa shape index (κ2) is 8.26. The topological polar surface area (TPSA) is 36.4 Å². The quantitative estimate of drug-likeness (QED) is 0.764. The third-order valence-corrected chi connectivity index (χ3v) is 4.95. The number of rotatable bonds is 7. The van der Waals surface area contributed by atoms with Crippen molar-refractivity contribution in [2.24, 2.45) is 0 Å². The molecule has 1 heterocycles. The van der Waals surface area contributed by atoms with E-state index in [1.165, 1.54) is 0 Å². The lowest BCUT2D eigenvalue weighted by atomic mass is 10.0. The first kappa shape index (κ1) is 17.6. The van der Waals surface area contributed by atoms with E-state index in [-0.39, 0.29) is 5.78 Å². The molecule has 1 aromatic carbocycles. The summed E-state index contributed by atoms with van der Waals surface area (Å²) in [6, 6.07) is 10.4. The maximum atomic E-state index is 11.9. The van der Waals surface area contributed by atoms with Gasteiger partial charge in [0.2, 0.25) is 0 Å². The first-order chi connectivity index (χ1) is 12.2. The Bertz CT molecular complexity index is 765. The number of pyridine rings is 1. The molecule has 1 aromatic heterocycles. The highest BCUT2D eigenvalue weighted by Crippen LogP contribution is 2.27. The molecule has 0 bridgehead atoms. The number of anilines is 1. The summed E-state index contributed by atoms with van der Waals surface area (Å²) in [5.41, 5.74) is 3.20. The third-order valence-electron chi connectivity index (χ3n) is 4.95. The maximum absolute atomic E-state index is 11.9. The Kier molecular flexibility index (Phi) is 5.82. The van der Waals surface area contributed by atoms with E-state index < -0.39 is 0 Å². The van der Waals surface area contributed by atoms with Crippen molar-refractivity contribution in [1.29, 1.82) is 0 Å². The van der Waals surface area contributed by atoms with Gasteiger partial charge in [-0.25, -0.2) is 0 Å². The predicted molar refractivity (Wildman–Crippen MR) is 104 cm³/mol. The van der Waals surface area contributed by atoms with Crippen molar-refractivity contribution in [3.05, 3.63) is 48.3 Å². The molecule has 132 valence electrons. The van der Waals surface area contributed by atoms with Gasteiger partial charge in [0.25, 0.3) is 0 Å². The molecular formula is C21H27N3O. The van der Waals surface area contributed by atoms with E-state index in [0.29, 0.717) is 6.42 Å². The van der Waals surface area contributed by atoms with Crippen LogP contribution in [0, 0.1) is 0 Å². The van der Waals surface area contributed by atoms with E-state index in [1.54, 1.807) is 0 Å². The lowest BCUT2D eigenvalue weighted by Gasteiger charge is -2.31. The molecule has 0 fully saturated rings. The molecule has 1 aliphatic rings. The van der Waals surface area contributed by atoms with Gasteiger partial charge in [-0.05, 0) is 38.1 Å². The van der Waals surface area contributed by atoms with Gasteiger partial charge in [0, 0.05) is 36.7 Å². The molecule has 0 saturated heterocycles. The van der Waals surface area contributed by atoms with Gasteiger partial charge in [0.1, 0.15) is 0 Å². The monoisotopic (exact) mass is 337 g/mol. The molecule has 0 saturated carbocycles. The predicted octanol–water partition coefficient (Wildman–Crippen LogP) is 4.02. The molecule has 0 atom stereocenters. The van der Waals surface area contributed by atoms with E-state index >= 15 is 0 Å². The highest BCUT2D eigenvalue weighted by Gasteiger charge is 2.18. The summed E-state index contributed by atoms with van der Waals surface area (Å²) in [6.07, 6.45) is 6.33. The van der Waals surface area contributed by atoms with Gasteiger partial charge >= 0.3 is 0 Å². The standard InChI is InChI=1S/C21H27N3O/c1-3-23(4-2)12-13-24(18-9-7-10-20(25)15-18)19-14-17-8-5-6-11-21(17)22-16-19/h5-6,8,11,14-16H,3-4,7,9-10,12-13H2,1-2H3. The highest BCUT2D eigenvalue weighted by molar-refractivity contribution is 5.92. The minimum atomic E-state index is 0.239. The van der Waals surface area contributed by atoms with Crippen molar-refractivity contribution in [1.82, 2.24) is 9.88 Å². The van der Waals surface area contributed by atoms with Crippen LogP contribution in [0.4, 0.5) is 5.69 Å². The molecule has 0 amide bonds. The number of ketones is 1. The number of fused-ring (bicyclic) bond motifs is 1. The van der Waals surface area contributed by atoms with Crippen LogP contribution < -0.4 is 4.90 Å². The number of carbonyl (C=O) groups excluding carboxylic acids is 1. The second-order valence-electron chi connectivity index (χ2n) is 6.52. The number of hydrogen-bond acceptors (Lipinski definition) is 4. The molecule has 4 nitrogen and oxygen atoms in total. The molecule has 2 aromatic rings. The minimum Gasteiger partial charge on any atom is -0.342 e. The Labute approximate surface area is 150 Å². The van der Waals surface area contributed by atoms with E-state index in [1.807, 2.05) is 30.5 Å². The number of para-hydroxylation sites is 1. The molecule has 0 spiro atoms. The van der Waals surface area contributed by atoms with Gasteiger partial charge in [0.05, 0.1) is 17.4 Å². The van der Waals surface area contributed by atoms with Crippen LogP contribution in [0.15, 0.2) is 48.3 Å². The van der Waals surface area contributed by atoms with Crippen molar-refractivity contribution >= 4 is 22.4 Å². The van der Waals surface area contributed by atoms with Crippen LogP contribution in [0.5, 0.6) is 0 Å². The van der Waals surface area contributed by atoms with Crippen molar-refractivity contribution in [3.8, 4) is 0 Å². The Hall–Kier alpha value is -2.20. The largest absolute Gasteiger partial charge is 0.342 e. The van der Waals surface area contributed by atoms with Crippen LogP contribution >= 0.6 is 0 Å². The first-order valence-electron chi connectivity index (χ1n) is 9.29. The van der Waals surface area contributed by atoms with Crippen molar-refractivity contribution < 1.29 is 4.79 Å². The van der Waals surface area contributed by atoms with Crippen molar-refractivity contribution in [3.63, 3.8) is 0 Å². The number of allylic oxidation sites excluding steroid dienone is 2. The highest BCUT2D eigenvalue weighted by atomic mass is 16.1. The smallest absolute Gasteiger partial charge is 0.157 e. The molecule has 0 radical (unpaired) electrons. The fourth-order valence-corrected chi connectivity index (χ4v) is 3.41. The molecule has 4 heteroatoms. The maximum Gasteiger partial charge on any atom is 0.157 e. The van der Waals surface area contributed by atoms with E-state index in [2.05, 4.69) is 40.8 Å². The zero-order valence-electron chi connectivity index (χ0n) is 15.2. The average molecular weight is 337 g/mol. The number of hydrogen-bond donors (Lipinski definition) is 0. The molecule has 0 N–H and O–H groups in total. The summed E-state index contributed by atoms with van der Waals surface area (Å²) in [6.45, 7) is 8.31. The fraction of sp³-hybridized carbons (Fsp3) is 0.429. The second-order valence-corrected chi connectivity index (χ2v) is 6.52. The average Bonchev–Trinajstić information content (AvgIpc) is 2.65. The van der Waals surface area contributed by atoms with Crippen LogP contribution in [-0.2, 0) is 4.79 Å². The van der Waals surface area contributed by atoms with Crippen LogP contribution in [-0.4, -0.2) is 41.8 Å². The zero-order chi connectivity index (χ0) is 17.6. The van der Waals surface area contributed by atoms with Crippen LogP contribution in [0.1, 0.15) is 33.1 Å². The number of nitrogens with zero attached hydrogens (tertiary/aromatic N) is 3.